The van der Waals surface area contributed by atoms with Crippen LogP contribution in [-0.2, 0) is 0 Å². The Labute approximate surface area is 112 Å². The third kappa shape index (κ3) is 4.28. The minimum Gasteiger partial charge on any atom is -0.297 e. The quantitative estimate of drug-likeness (QED) is 0.464. The summed E-state index contributed by atoms with van der Waals surface area (Å²) in [6.07, 6.45) is 7.65. The number of aromatic nitrogens is 2. The van der Waals surface area contributed by atoms with E-state index in [0.29, 0.717) is 6.04 Å². The molecule has 5 heteroatoms. The van der Waals surface area contributed by atoms with E-state index in [4.69, 9.17) is 0 Å². The number of nitrogens with zero attached hydrogens (tertiary/aromatic N) is 3. The zero-order valence-corrected chi connectivity index (χ0v) is 11.4. The zero-order valence-electron chi connectivity index (χ0n) is 10.6. The van der Waals surface area contributed by atoms with Gasteiger partial charge in [0, 0.05) is 12.2 Å². The van der Waals surface area contributed by atoms with Crippen molar-refractivity contribution in [1.29, 1.82) is 5.26 Å². The Morgan fingerprint density at radius 2 is 2.44 bits per heavy atom. The van der Waals surface area contributed by atoms with Crippen molar-refractivity contribution in [3.63, 3.8) is 0 Å². The van der Waals surface area contributed by atoms with Gasteiger partial charge in [0.25, 0.3) is 0 Å². The standard InChI is InChI=1S/C13H18N4S/c1-13(9-14,17-11-3-4-11)6-2-8-18-12-5-7-15-10-16-12/h5,7,10-11,17H,2-4,6,8H2,1H3. The number of hydrogen-bond donors (Lipinski definition) is 1. The molecule has 0 radical (unpaired) electrons. The first-order valence-corrected chi connectivity index (χ1v) is 7.28. The van der Waals surface area contributed by atoms with E-state index in [1.165, 1.54) is 12.8 Å². The molecule has 96 valence electrons. The monoisotopic (exact) mass is 262 g/mol. The maximum Gasteiger partial charge on any atom is 0.116 e. The second-order valence-electron chi connectivity index (χ2n) is 4.86. The molecule has 4 nitrogen and oxygen atoms in total. The summed E-state index contributed by atoms with van der Waals surface area (Å²) < 4.78 is 0. The summed E-state index contributed by atoms with van der Waals surface area (Å²) in [6.45, 7) is 2.00. The summed E-state index contributed by atoms with van der Waals surface area (Å²) in [4.78, 5) is 8.05. The van der Waals surface area contributed by atoms with Crippen LogP contribution in [0.25, 0.3) is 0 Å². The number of rotatable bonds is 7. The molecule has 1 fully saturated rings. The van der Waals surface area contributed by atoms with Crippen LogP contribution in [-0.4, -0.2) is 27.3 Å². The molecule has 1 heterocycles. The van der Waals surface area contributed by atoms with E-state index in [0.717, 1.165) is 23.6 Å². The van der Waals surface area contributed by atoms with Gasteiger partial charge in [0.2, 0.25) is 0 Å². The first-order chi connectivity index (χ1) is 8.72. The highest BCUT2D eigenvalue weighted by Gasteiger charge is 2.31. The summed E-state index contributed by atoms with van der Waals surface area (Å²) in [7, 11) is 0. The first kappa shape index (κ1) is 13.3. The van der Waals surface area contributed by atoms with Gasteiger partial charge in [-0.2, -0.15) is 5.26 Å². The predicted octanol–water partition coefficient (Wildman–Crippen LogP) is 2.38. The lowest BCUT2D eigenvalue weighted by Crippen LogP contribution is -2.42. The molecule has 1 aromatic rings. The lowest BCUT2D eigenvalue weighted by atomic mass is 9.98. The Morgan fingerprint density at radius 1 is 1.61 bits per heavy atom. The fourth-order valence-electron chi connectivity index (χ4n) is 1.80. The lowest BCUT2D eigenvalue weighted by Gasteiger charge is -2.22. The SMILES string of the molecule is CC(C#N)(CCCSc1ccncn1)NC1CC1. The van der Waals surface area contributed by atoms with E-state index < -0.39 is 0 Å². The van der Waals surface area contributed by atoms with E-state index in [1.54, 1.807) is 24.3 Å². The Hall–Kier alpha value is -1.12. The smallest absolute Gasteiger partial charge is 0.116 e. The molecular weight excluding hydrogens is 244 g/mol. The van der Waals surface area contributed by atoms with Crippen molar-refractivity contribution >= 4 is 11.8 Å². The van der Waals surface area contributed by atoms with E-state index in [1.807, 2.05) is 13.0 Å². The van der Waals surface area contributed by atoms with Crippen molar-refractivity contribution < 1.29 is 0 Å². The van der Waals surface area contributed by atoms with E-state index >= 15 is 0 Å². The summed E-state index contributed by atoms with van der Waals surface area (Å²) >= 11 is 1.72. The molecular formula is C13H18N4S. The van der Waals surface area contributed by atoms with Gasteiger partial charge in [0.1, 0.15) is 11.9 Å². The van der Waals surface area contributed by atoms with Gasteiger partial charge in [-0.25, -0.2) is 9.97 Å². The van der Waals surface area contributed by atoms with Gasteiger partial charge in [-0.1, -0.05) is 0 Å². The van der Waals surface area contributed by atoms with E-state index in [-0.39, 0.29) is 5.54 Å². The summed E-state index contributed by atoms with van der Waals surface area (Å²) in [5, 5.41) is 13.7. The van der Waals surface area contributed by atoms with Crippen LogP contribution in [0.5, 0.6) is 0 Å². The molecule has 1 saturated carbocycles. The van der Waals surface area contributed by atoms with Gasteiger partial charge >= 0.3 is 0 Å². The van der Waals surface area contributed by atoms with Gasteiger partial charge in [-0.3, -0.25) is 5.32 Å². The topological polar surface area (TPSA) is 61.6 Å². The fraction of sp³-hybridized carbons (Fsp3) is 0.615. The maximum atomic E-state index is 9.24. The molecule has 1 atom stereocenters. The molecule has 0 bridgehead atoms. The zero-order chi connectivity index (χ0) is 12.8. The highest BCUT2D eigenvalue weighted by atomic mass is 32.2. The second kappa shape index (κ2) is 6.17. The average Bonchev–Trinajstić information content (AvgIpc) is 3.20. The van der Waals surface area contributed by atoms with Crippen molar-refractivity contribution in [2.24, 2.45) is 0 Å². The molecule has 1 aromatic heterocycles. The first-order valence-electron chi connectivity index (χ1n) is 6.30. The fourth-order valence-corrected chi connectivity index (χ4v) is 2.58. The molecule has 1 aliphatic rings. The Kier molecular flexibility index (Phi) is 4.56. The normalized spacial score (nSPS) is 18.0. The molecule has 0 amide bonds. The van der Waals surface area contributed by atoms with Crippen LogP contribution in [0, 0.1) is 11.3 Å². The summed E-state index contributed by atoms with van der Waals surface area (Å²) in [6, 6.07) is 4.89. The van der Waals surface area contributed by atoms with Gasteiger partial charge in [-0.05, 0) is 44.4 Å². The van der Waals surface area contributed by atoms with Crippen molar-refractivity contribution in [3.05, 3.63) is 18.6 Å². The Balaban J connectivity index is 1.69. The van der Waals surface area contributed by atoms with Gasteiger partial charge < -0.3 is 0 Å². The molecule has 0 saturated heterocycles. The van der Waals surface area contributed by atoms with Crippen molar-refractivity contribution in [1.82, 2.24) is 15.3 Å². The van der Waals surface area contributed by atoms with Crippen molar-refractivity contribution in [2.75, 3.05) is 5.75 Å². The van der Waals surface area contributed by atoms with Crippen LogP contribution < -0.4 is 5.32 Å². The minimum atomic E-state index is -0.368. The van der Waals surface area contributed by atoms with Crippen LogP contribution in [0.15, 0.2) is 23.6 Å². The highest BCUT2D eigenvalue weighted by molar-refractivity contribution is 7.99. The number of thioether (sulfide) groups is 1. The Bertz CT molecular complexity index is 413. The van der Waals surface area contributed by atoms with Crippen LogP contribution >= 0.6 is 11.8 Å². The predicted molar refractivity (Wildman–Crippen MR) is 72.2 cm³/mol. The van der Waals surface area contributed by atoms with Crippen LogP contribution in [0.3, 0.4) is 0 Å². The van der Waals surface area contributed by atoms with E-state index in [2.05, 4.69) is 21.4 Å². The molecule has 1 unspecified atom stereocenters. The summed E-state index contributed by atoms with van der Waals surface area (Å²) in [5.41, 5.74) is -0.368. The van der Waals surface area contributed by atoms with Crippen LogP contribution in [0.1, 0.15) is 32.6 Å². The second-order valence-corrected chi connectivity index (χ2v) is 5.98. The van der Waals surface area contributed by atoms with E-state index in [9.17, 15) is 5.26 Å². The molecule has 18 heavy (non-hydrogen) atoms. The van der Waals surface area contributed by atoms with Crippen molar-refractivity contribution in [3.8, 4) is 6.07 Å². The third-order valence-electron chi connectivity index (χ3n) is 2.97. The summed E-state index contributed by atoms with van der Waals surface area (Å²) in [5.74, 6) is 0.987. The molecule has 0 spiro atoms. The van der Waals surface area contributed by atoms with Crippen molar-refractivity contribution in [2.45, 2.75) is 49.2 Å². The lowest BCUT2D eigenvalue weighted by molar-refractivity contribution is 0.412. The molecule has 2 rings (SSSR count). The number of hydrogen-bond acceptors (Lipinski definition) is 5. The number of nitrogens with one attached hydrogen (secondary N) is 1. The van der Waals surface area contributed by atoms with Crippen LogP contribution in [0.4, 0.5) is 0 Å². The van der Waals surface area contributed by atoms with Gasteiger partial charge in [-0.15, -0.1) is 11.8 Å². The molecule has 0 aromatic carbocycles. The minimum absolute atomic E-state index is 0.368. The molecule has 1 N–H and O–H groups in total. The molecule has 0 aliphatic heterocycles. The van der Waals surface area contributed by atoms with Gasteiger partial charge in [0.15, 0.2) is 0 Å². The molecule has 1 aliphatic carbocycles. The maximum absolute atomic E-state index is 9.24. The highest BCUT2D eigenvalue weighted by Crippen LogP contribution is 2.25. The third-order valence-corrected chi connectivity index (χ3v) is 4.00. The largest absolute Gasteiger partial charge is 0.297 e. The average molecular weight is 262 g/mol. The van der Waals surface area contributed by atoms with Gasteiger partial charge in [0.05, 0.1) is 11.1 Å². The number of nitriles is 1. The Morgan fingerprint density at radius 3 is 3.06 bits per heavy atom. The van der Waals surface area contributed by atoms with Crippen LogP contribution in [0.2, 0.25) is 0 Å².